The van der Waals surface area contributed by atoms with Crippen LogP contribution in [0.3, 0.4) is 0 Å². The molecule has 2 heterocycles. The minimum absolute atomic E-state index is 0.814. The van der Waals surface area contributed by atoms with Crippen LogP contribution in [0.15, 0.2) is 330 Å². The van der Waals surface area contributed by atoms with Gasteiger partial charge in [-0.3, -0.25) is 0 Å². The fraction of sp³-hybridized carbons (Fsp3) is 0.129. The fourth-order valence-corrected chi connectivity index (χ4v) is 9.83. The topological polar surface area (TPSA) is 60.1 Å². The first-order valence-corrected chi connectivity index (χ1v) is 31.5. The number of hydrogen-bond acceptors (Lipinski definition) is 5. The van der Waals surface area contributed by atoms with Crippen molar-refractivity contribution in [1.82, 2.24) is 20.3 Å². The van der Waals surface area contributed by atoms with Gasteiger partial charge in [0.1, 0.15) is 0 Å². The van der Waals surface area contributed by atoms with Gasteiger partial charge in [-0.1, -0.05) is 240 Å². The van der Waals surface area contributed by atoms with Crippen LogP contribution in [0, 0.1) is 0 Å². The van der Waals surface area contributed by atoms with Gasteiger partial charge in [0.2, 0.25) is 0 Å². The van der Waals surface area contributed by atoms with Gasteiger partial charge in [-0.2, -0.15) is 0 Å². The summed E-state index contributed by atoms with van der Waals surface area (Å²) >= 11 is 0. The highest BCUT2D eigenvalue weighted by molar-refractivity contribution is 6.08. The lowest BCUT2D eigenvalue weighted by atomic mass is 9.98. The monoisotopic (exact) mass is 1190 g/mol. The largest absolute Gasteiger partial charge is 0.388 e. The standard InChI is InChI=1S/C52H38N4.C15H15N.C6H11N.C4H8.2C3H6.C2H6/c1-2-35-20-22-39(23-21-35)50-51(55-52-44(17-11-19-49(52)54-50)38-26-24-37(25-27-38)36-12-5-3-6-13-36)40-28-30-42(31-29-40)56(41-14-7-4-8-15-41)43-32-33-48-46(34-43)45-16-9-10-18-47(45)53-48;1-2-13-16(14-9-5-3-6-10-14)15-11-7-4-8-12-15;1-3-5-7-6-4-2;1-3-4-2;2*1-3-2;1-2/h3-34,53H,2H2,1H3;2-12H,1,13H2;3-4,6-7H,1,5H2,2H3;3H,1,4H2,2H3;2*3H,1H2,2H3;1-2H3/b;;6-4+;;;;. The number of para-hydroxylation sites is 5. The van der Waals surface area contributed by atoms with E-state index >= 15 is 0 Å². The summed E-state index contributed by atoms with van der Waals surface area (Å²) < 4.78 is 0. The number of hydrogen-bond donors (Lipinski definition) is 2. The lowest BCUT2D eigenvalue weighted by molar-refractivity contribution is 0.985. The maximum absolute atomic E-state index is 5.49. The lowest BCUT2D eigenvalue weighted by Gasteiger charge is -2.26. The first-order valence-electron chi connectivity index (χ1n) is 31.5. The van der Waals surface area contributed by atoms with Crippen molar-refractivity contribution in [3.8, 4) is 44.8 Å². The first-order chi connectivity index (χ1) is 44.8. The van der Waals surface area contributed by atoms with Gasteiger partial charge in [0.15, 0.2) is 0 Å². The molecule has 0 atom stereocenters. The summed E-state index contributed by atoms with van der Waals surface area (Å²) in [4.78, 5) is 19.0. The molecule has 6 nitrogen and oxygen atoms in total. The van der Waals surface area contributed by atoms with Crippen molar-refractivity contribution in [3.05, 3.63) is 336 Å². The van der Waals surface area contributed by atoms with Gasteiger partial charge in [0.25, 0.3) is 0 Å². The summed E-state index contributed by atoms with van der Waals surface area (Å²) in [6.07, 6.45) is 15.0. The molecule has 12 aromatic rings. The van der Waals surface area contributed by atoms with Crippen LogP contribution >= 0.6 is 0 Å². The molecule has 460 valence electrons. The molecule has 0 fully saturated rings. The van der Waals surface area contributed by atoms with E-state index in [1.54, 1.807) is 12.2 Å². The quantitative estimate of drug-likeness (QED) is 0.0746. The maximum atomic E-state index is 5.49. The number of fused-ring (bicyclic) bond motifs is 4. The van der Waals surface area contributed by atoms with Gasteiger partial charge < -0.3 is 20.1 Å². The molecule has 12 rings (SSSR count). The number of benzene rings is 10. The Morgan fingerprint density at radius 1 is 0.429 bits per heavy atom. The van der Waals surface area contributed by atoms with E-state index in [0.29, 0.717) is 0 Å². The highest BCUT2D eigenvalue weighted by atomic mass is 15.1. The molecule has 0 aliphatic rings. The summed E-state index contributed by atoms with van der Waals surface area (Å²) in [6.45, 7) is 33.2. The Hall–Kier alpha value is -10.8. The summed E-state index contributed by atoms with van der Waals surface area (Å²) in [5.41, 5.74) is 19.2. The number of aromatic amines is 1. The number of aryl methyl sites for hydroxylation is 1. The van der Waals surface area contributed by atoms with Crippen LogP contribution < -0.4 is 15.1 Å². The van der Waals surface area contributed by atoms with Crippen LogP contribution in [-0.4, -0.2) is 28.0 Å². The van der Waals surface area contributed by atoms with Crippen molar-refractivity contribution in [2.75, 3.05) is 22.9 Å². The zero-order chi connectivity index (χ0) is 65.0. The average Bonchev–Trinajstić information content (AvgIpc) is 1.83. The van der Waals surface area contributed by atoms with E-state index < -0.39 is 0 Å². The molecule has 0 saturated carbocycles. The second-order valence-corrected chi connectivity index (χ2v) is 20.5. The van der Waals surface area contributed by atoms with Gasteiger partial charge in [0.05, 0.1) is 22.4 Å². The lowest BCUT2D eigenvalue weighted by Crippen LogP contribution is -2.16. The van der Waals surface area contributed by atoms with Crippen LogP contribution in [-0.2, 0) is 6.42 Å². The molecule has 91 heavy (non-hydrogen) atoms. The van der Waals surface area contributed by atoms with Gasteiger partial charge in [-0.15, -0.1) is 32.9 Å². The molecular weight excluding hydrogens is 1100 g/mol. The summed E-state index contributed by atoms with van der Waals surface area (Å²) in [7, 11) is 0. The predicted molar refractivity (Wildman–Crippen MR) is 401 cm³/mol. The van der Waals surface area contributed by atoms with Crippen molar-refractivity contribution in [1.29, 1.82) is 0 Å². The zero-order valence-electron chi connectivity index (χ0n) is 54.4. The maximum Gasteiger partial charge on any atom is 0.0973 e. The van der Waals surface area contributed by atoms with Gasteiger partial charge in [-0.25, -0.2) is 9.97 Å². The van der Waals surface area contributed by atoms with Crippen molar-refractivity contribution >= 4 is 61.3 Å². The Balaban J connectivity index is 0.000000308. The van der Waals surface area contributed by atoms with E-state index in [0.717, 1.165) is 98.7 Å². The van der Waals surface area contributed by atoms with E-state index in [1.807, 2.05) is 102 Å². The minimum Gasteiger partial charge on any atom is -0.388 e. The average molecular weight is 1200 g/mol. The third kappa shape index (κ3) is 19.6. The normalized spacial score (nSPS) is 10.1. The molecule has 0 aliphatic heterocycles. The Kier molecular flexibility index (Phi) is 29.3. The van der Waals surface area contributed by atoms with E-state index in [9.17, 15) is 0 Å². The molecule has 0 saturated heterocycles. The second kappa shape index (κ2) is 38.5. The number of anilines is 5. The third-order valence-corrected chi connectivity index (χ3v) is 14.1. The van der Waals surface area contributed by atoms with Crippen molar-refractivity contribution in [2.24, 2.45) is 0 Å². The van der Waals surface area contributed by atoms with Crippen molar-refractivity contribution in [2.45, 2.75) is 61.3 Å². The number of rotatable bonds is 16. The molecule has 10 aromatic carbocycles. The third-order valence-electron chi connectivity index (χ3n) is 14.1. The fourth-order valence-electron chi connectivity index (χ4n) is 9.83. The number of nitrogens with one attached hydrogen (secondary N) is 2. The first kappa shape index (κ1) is 69.3. The van der Waals surface area contributed by atoms with Crippen LogP contribution in [0.1, 0.15) is 60.5 Å². The molecule has 0 unspecified atom stereocenters. The minimum atomic E-state index is 0.814. The van der Waals surface area contributed by atoms with E-state index in [4.69, 9.17) is 9.97 Å². The molecule has 2 N–H and O–H groups in total. The van der Waals surface area contributed by atoms with Crippen molar-refractivity contribution < 1.29 is 0 Å². The number of nitrogens with zero attached hydrogens (tertiary/aromatic N) is 4. The SMILES string of the molecule is C=CC.C=CC.C=CCC.C=CCN(c1ccccc1)c1ccccc1.C=CCN/C=C/C.CC.CCc1ccc(-c2nc3cccc(-c4ccc(-c5ccccc5)cc4)c3nc2-c2ccc(N(c3ccccc3)c3ccc4[nH]c5ccccc5c4c3)cc2)cc1. The van der Waals surface area contributed by atoms with Crippen LogP contribution in [0.4, 0.5) is 28.4 Å². The Morgan fingerprint density at radius 3 is 1.43 bits per heavy atom. The van der Waals surface area contributed by atoms with E-state index in [-0.39, 0.29) is 0 Å². The van der Waals surface area contributed by atoms with E-state index in [1.165, 1.54) is 38.8 Å². The molecule has 0 aliphatic carbocycles. The molecule has 2 aromatic heterocycles. The zero-order valence-corrected chi connectivity index (χ0v) is 54.4. The van der Waals surface area contributed by atoms with Gasteiger partial charge in [0, 0.05) is 80.0 Å². The molecular formula is C85H90N6. The summed E-state index contributed by atoms with van der Waals surface area (Å²) in [5.74, 6) is 0. The molecule has 0 bridgehead atoms. The Morgan fingerprint density at radius 2 is 0.890 bits per heavy atom. The Labute approximate surface area is 543 Å². The number of H-pyrrole nitrogens is 1. The number of allylic oxidation sites excluding steroid dienone is 4. The van der Waals surface area contributed by atoms with Gasteiger partial charge >= 0.3 is 0 Å². The van der Waals surface area contributed by atoms with Crippen LogP contribution in [0.5, 0.6) is 0 Å². The van der Waals surface area contributed by atoms with Crippen molar-refractivity contribution in [3.63, 3.8) is 0 Å². The highest BCUT2D eigenvalue weighted by Crippen LogP contribution is 2.40. The molecule has 0 radical (unpaired) electrons. The van der Waals surface area contributed by atoms with Crippen LogP contribution in [0.2, 0.25) is 0 Å². The second-order valence-electron chi connectivity index (χ2n) is 20.5. The molecule has 0 spiro atoms. The summed E-state index contributed by atoms with van der Waals surface area (Å²) in [6, 6.07) is 89.5. The predicted octanol–water partition coefficient (Wildman–Crippen LogP) is 24.3. The Bertz CT molecular complexity index is 4070. The highest BCUT2D eigenvalue weighted by Gasteiger charge is 2.19. The number of aromatic nitrogens is 3. The molecule has 0 amide bonds. The van der Waals surface area contributed by atoms with Gasteiger partial charge in [-0.05, 0) is 141 Å². The molecule has 6 heteroatoms. The summed E-state index contributed by atoms with van der Waals surface area (Å²) in [5, 5.41) is 5.40. The van der Waals surface area contributed by atoms with E-state index in [2.05, 4.69) is 285 Å². The van der Waals surface area contributed by atoms with Crippen LogP contribution in [0.25, 0.3) is 77.6 Å². The smallest absolute Gasteiger partial charge is 0.0973 e.